The molecule has 1 aliphatic carbocycles. The second-order valence-corrected chi connectivity index (χ2v) is 8.98. The average molecular weight is 408 g/mol. The Bertz CT molecular complexity index is 911. The van der Waals surface area contributed by atoms with Crippen molar-refractivity contribution in [3.05, 3.63) is 54.0 Å². The van der Waals surface area contributed by atoms with Gasteiger partial charge in [0.2, 0.25) is 5.91 Å². The summed E-state index contributed by atoms with van der Waals surface area (Å²) in [6, 6.07) is 9.80. The first-order chi connectivity index (χ1) is 14.6. The van der Waals surface area contributed by atoms with Crippen LogP contribution in [0.3, 0.4) is 0 Å². The molecule has 2 aromatic rings. The van der Waals surface area contributed by atoms with Gasteiger partial charge in [0.1, 0.15) is 17.6 Å². The minimum absolute atomic E-state index is 0.00538. The molecule has 30 heavy (non-hydrogen) atoms. The number of amides is 2. The molecule has 6 nitrogen and oxygen atoms in total. The standard InChI is InChI=1S/C24H28N2O4/c27-22(25-15-17-5-6-17)13-19-14-24(30-21-4-2-1-3-20(19)21)8-10-26(11-9-24)23(28)18-7-12-29-16-18/h1-4,7,12,16-17,19H,5-6,8-11,13-15H2,(H,25,27)/t19-/m0/s1. The summed E-state index contributed by atoms with van der Waals surface area (Å²) in [4.78, 5) is 27.1. The maximum Gasteiger partial charge on any atom is 0.257 e. The lowest BCUT2D eigenvalue weighted by Crippen LogP contribution is -2.52. The highest BCUT2D eigenvalue weighted by molar-refractivity contribution is 5.93. The van der Waals surface area contributed by atoms with Crippen LogP contribution in [-0.4, -0.2) is 41.9 Å². The van der Waals surface area contributed by atoms with E-state index in [2.05, 4.69) is 11.4 Å². The molecule has 1 saturated carbocycles. The lowest BCUT2D eigenvalue weighted by atomic mass is 9.76. The van der Waals surface area contributed by atoms with E-state index in [1.165, 1.54) is 25.4 Å². The van der Waals surface area contributed by atoms with Gasteiger partial charge in [-0.05, 0) is 42.9 Å². The van der Waals surface area contributed by atoms with Gasteiger partial charge in [-0.15, -0.1) is 0 Å². The third-order valence-electron chi connectivity index (χ3n) is 6.75. The van der Waals surface area contributed by atoms with Crippen molar-refractivity contribution < 1.29 is 18.7 Å². The smallest absolute Gasteiger partial charge is 0.257 e. The van der Waals surface area contributed by atoms with Gasteiger partial charge in [0, 0.05) is 44.8 Å². The van der Waals surface area contributed by atoms with E-state index in [1.807, 2.05) is 23.1 Å². The number of carbonyl (C=O) groups excluding carboxylic acids is 2. The molecular weight excluding hydrogens is 380 g/mol. The van der Waals surface area contributed by atoms with Crippen LogP contribution >= 0.6 is 0 Å². The van der Waals surface area contributed by atoms with Crippen LogP contribution in [0.2, 0.25) is 0 Å². The second kappa shape index (κ2) is 7.82. The molecule has 3 heterocycles. The second-order valence-electron chi connectivity index (χ2n) is 8.98. The van der Waals surface area contributed by atoms with E-state index in [9.17, 15) is 9.59 Å². The summed E-state index contributed by atoms with van der Waals surface area (Å²) in [5, 5.41) is 3.11. The maximum atomic E-state index is 12.6. The Labute approximate surface area is 176 Å². The number of benzene rings is 1. The molecule has 1 saturated heterocycles. The highest BCUT2D eigenvalue weighted by atomic mass is 16.5. The van der Waals surface area contributed by atoms with Crippen LogP contribution in [0, 0.1) is 5.92 Å². The van der Waals surface area contributed by atoms with Crippen molar-refractivity contribution in [2.24, 2.45) is 5.92 Å². The Morgan fingerprint density at radius 1 is 1.13 bits per heavy atom. The lowest BCUT2D eigenvalue weighted by molar-refractivity contribution is -0.122. The number of ether oxygens (including phenoxy) is 1. The van der Waals surface area contributed by atoms with Crippen LogP contribution in [0.1, 0.15) is 60.4 Å². The zero-order chi connectivity index (χ0) is 20.6. The van der Waals surface area contributed by atoms with Crippen LogP contribution in [0.25, 0.3) is 0 Å². The Hall–Kier alpha value is -2.76. The number of piperidine rings is 1. The molecular formula is C24H28N2O4. The van der Waals surface area contributed by atoms with Gasteiger partial charge in [-0.25, -0.2) is 0 Å². The largest absolute Gasteiger partial charge is 0.487 e. The molecule has 158 valence electrons. The number of nitrogens with one attached hydrogen (secondary N) is 1. The van der Waals surface area contributed by atoms with Gasteiger partial charge >= 0.3 is 0 Å². The monoisotopic (exact) mass is 408 g/mol. The van der Waals surface area contributed by atoms with Crippen molar-refractivity contribution in [3.63, 3.8) is 0 Å². The normalized spacial score (nSPS) is 22.3. The Morgan fingerprint density at radius 3 is 2.67 bits per heavy atom. The van der Waals surface area contributed by atoms with Gasteiger partial charge in [-0.1, -0.05) is 18.2 Å². The van der Waals surface area contributed by atoms with Gasteiger partial charge in [0.25, 0.3) is 5.91 Å². The molecule has 3 aliphatic rings. The van der Waals surface area contributed by atoms with E-state index in [-0.39, 0.29) is 23.3 Å². The quantitative estimate of drug-likeness (QED) is 0.818. The summed E-state index contributed by atoms with van der Waals surface area (Å²) in [6.07, 6.45) is 8.33. The van der Waals surface area contributed by atoms with Gasteiger partial charge in [0.05, 0.1) is 11.8 Å². The van der Waals surface area contributed by atoms with Crippen molar-refractivity contribution in [2.45, 2.75) is 50.0 Å². The summed E-state index contributed by atoms with van der Waals surface area (Å²) in [5.41, 5.74) is 1.40. The molecule has 0 radical (unpaired) electrons. The number of rotatable bonds is 5. The summed E-state index contributed by atoms with van der Waals surface area (Å²) < 4.78 is 11.6. The molecule has 5 rings (SSSR count). The van der Waals surface area contributed by atoms with Crippen molar-refractivity contribution in [2.75, 3.05) is 19.6 Å². The predicted molar refractivity (Wildman–Crippen MR) is 111 cm³/mol. The SMILES string of the molecule is O=C(C[C@H]1CC2(CCN(C(=O)c3ccoc3)CC2)Oc2ccccc21)NCC1CC1. The van der Waals surface area contributed by atoms with Gasteiger partial charge < -0.3 is 19.4 Å². The van der Waals surface area contributed by atoms with E-state index in [0.29, 0.717) is 31.0 Å². The number of furan rings is 1. The van der Waals surface area contributed by atoms with Gasteiger partial charge in [-0.3, -0.25) is 9.59 Å². The maximum absolute atomic E-state index is 12.6. The first-order valence-electron chi connectivity index (χ1n) is 11.0. The van der Waals surface area contributed by atoms with Crippen LogP contribution < -0.4 is 10.1 Å². The lowest BCUT2D eigenvalue weighted by Gasteiger charge is -2.46. The highest BCUT2D eigenvalue weighted by Crippen LogP contribution is 2.46. The number of fused-ring (bicyclic) bond motifs is 1. The van der Waals surface area contributed by atoms with Crippen molar-refractivity contribution >= 4 is 11.8 Å². The molecule has 1 aromatic carbocycles. The highest BCUT2D eigenvalue weighted by Gasteiger charge is 2.44. The molecule has 2 aliphatic heterocycles. The molecule has 2 fully saturated rings. The van der Waals surface area contributed by atoms with E-state index in [1.54, 1.807) is 6.07 Å². The molecule has 0 unspecified atom stereocenters. The van der Waals surface area contributed by atoms with Crippen LogP contribution in [0.5, 0.6) is 5.75 Å². The molecule has 6 heteroatoms. The van der Waals surface area contributed by atoms with Crippen molar-refractivity contribution in [1.82, 2.24) is 10.2 Å². The Balaban J connectivity index is 1.28. The first kappa shape index (κ1) is 19.2. The molecule has 1 atom stereocenters. The van der Waals surface area contributed by atoms with Crippen LogP contribution in [-0.2, 0) is 4.79 Å². The molecule has 2 amide bonds. The topological polar surface area (TPSA) is 71.8 Å². The number of likely N-dealkylation sites (tertiary alicyclic amines) is 1. The predicted octanol–water partition coefficient (Wildman–Crippen LogP) is 3.74. The molecule has 1 N–H and O–H groups in total. The van der Waals surface area contributed by atoms with E-state index in [0.717, 1.165) is 37.1 Å². The van der Waals surface area contributed by atoms with Gasteiger partial charge in [-0.2, -0.15) is 0 Å². The van der Waals surface area contributed by atoms with Crippen LogP contribution in [0.4, 0.5) is 0 Å². The number of hydrogen-bond acceptors (Lipinski definition) is 4. The van der Waals surface area contributed by atoms with E-state index < -0.39 is 0 Å². The summed E-state index contributed by atoms with van der Waals surface area (Å²) >= 11 is 0. The first-order valence-corrected chi connectivity index (χ1v) is 11.0. The minimum atomic E-state index is -0.316. The fourth-order valence-corrected chi connectivity index (χ4v) is 4.80. The van der Waals surface area contributed by atoms with E-state index in [4.69, 9.17) is 9.15 Å². The summed E-state index contributed by atoms with van der Waals surface area (Å²) in [6.45, 7) is 2.10. The van der Waals surface area contributed by atoms with Crippen LogP contribution in [0.15, 0.2) is 47.3 Å². The summed E-state index contributed by atoms with van der Waals surface area (Å²) in [5.74, 6) is 1.85. The fraction of sp³-hybridized carbons (Fsp3) is 0.500. The van der Waals surface area contributed by atoms with Gasteiger partial charge in [0.15, 0.2) is 0 Å². The Kier molecular flexibility index (Phi) is 5.01. The zero-order valence-corrected chi connectivity index (χ0v) is 17.1. The zero-order valence-electron chi connectivity index (χ0n) is 17.1. The third-order valence-corrected chi connectivity index (χ3v) is 6.75. The molecule has 1 aromatic heterocycles. The minimum Gasteiger partial charge on any atom is -0.487 e. The third kappa shape index (κ3) is 3.95. The number of nitrogens with zero attached hydrogens (tertiary/aromatic N) is 1. The van der Waals surface area contributed by atoms with Crippen molar-refractivity contribution in [1.29, 1.82) is 0 Å². The summed E-state index contributed by atoms with van der Waals surface area (Å²) in [7, 11) is 0. The molecule has 1 spiro atoms. The average Bonchev–Trinajstić information content (AvgIpc) is 3.43. The Morgan fingerprint density at radius 2 is 1.93 bits per heavy atom. The number of carbonyl (C=O) groups is 2. The fourth-order valence-electron chi connectivity index (χ4n) is 4.80. The van der Waals surface area contributed by atoms with Crippen molar-refractivity contribution in [3.8, 4) is 5.75 Å². The number of para-hydroxylation sites is 1. The van der Waals surface area contributed by atoms with E-state index >= 15 is 0 Å². The number of hydrogen-bond donors (Lipinski definition) is 1. The molecule has 0 bridgehead atoms.